The molecule has 0 aliphatic carbocycles. The van der Waals surface area contributed by atoms with Gasteiger partial charge in [-0.25, -0.2) is 0 Å². The number of hydrazine groups is 1. The Bertz CT molecular complexity index is 919. The van der Waals surface area contributed by atoms with Crippen molar-refractivity contribution in [3.8, 4) is 11.5 Å². The standard InChI is InChI=1S/C24H32N4O3/c1-4-30-22-12-16(2)7-8-21(22)31-15-23(29)28-11-5-6-20(28)24-19(14-26-27-24)18-9-10-25-13-17(18)3/h7-10,12-13,19-20,24,26-27H,4-6,11,14-15H2,1-3H3. The highest BCUT2D eigenvalue weighted by molar-refractivity contribution is 5.78. The number of nitrogens with one attached hydrogen (secondary N) is 2. The van der Waals surface area contributed by atoms with Crippen molar-refractivity contribution in [2.75, 3.05) is 26.3 Å². The van der Waals surface area contributed by atoms with E-state index in [1.54, 1.807) is 0 Å². The minimum atomic E-state index is 0.0126. The molecule has 0 spiro atoms. The Kier molecular flexibility index (Phi) is 6.73. The summed E-state index contributed by atoms with van der Waals surface area (Å²) >= 11 is 0. The zero-order chi connectivity index (χ0) is 21.8. The molecule has 0 bridgehead atoms. The number of hydrogen-bond donors (Lipinski definition) is 2. The van der Waals surface area contributed by atoms with E-state index in [1.165, 1.54) is 11.1 Å². The number of pyridine rings is 1. The molecule has 3 heterocycles. The number of carbonyl (C=O) groups is 1. The van der Waals surface area contributed by atoms with Gasteiger partial charge in [0.1, 0.15) is 0 Å². The average Bonchev–Trinajstić information content (AvgIpc) is 3.43. The van der Waals surface area contributed by atoms with Gasteiger partial charge < -0.3 is 14.4 Å². The van der Waals surface area contributed by atoms with E-state index in [1.807, 2.05) is 49.3 Å². The minimum Gasteiger partial charge on any atom is -0.490 e. The molecule has 166 valence electrons. The quantitative estimate of drug-likeness (QED) is 0.712. The molecule has 1 amide bonds. The molecule has 2 aromatic rings. The molecule has 2 aliphatic heterocycles. The third kappa shape index (κ3) is 4.67. The number of amides is 1. The highest BCUT2D eigenvalue weighted by atomic mass is 16.5. The summed E-state index contributed by atoms with van der Waals surface area (Å²) in [4.78, 5) is 19.4. The smallest absolute Gasteiger partial charge is 0.260 e. The highest BCUT2D eigenvalue weighted by Crippen LogP contribution is 2.33. The lowest BCUT2D eigenvalue weighted by Crippen LogP contribution is -2.51. The Morgan fingerprint density at radius 2 is 2.10 bits per heavy atom. The van der Waals surface area contributed by atoms with Crippen molar-refractivity contribution < 1.29 is 14.3 Å². The second-order valence-electron chi connectivity index (χ2n) is 8.36. The lowest BCUT2D eigenvalue weighted by molar-refractivity contribution is -0.134. The number of hydrogen-bond acceptors (Lipinski definition) is 6. The van der Waals surface area contributed by atoms with Crippen LogP contribution >= 0.6 is 0 Å². The first-order valence-electron chi connectivity index (χ1n) is 11.1. The number of aromatic nitrogens is 1. The minimum absolute atomic E-state index is 0.0126. The SMILES string of the molecule is CCOc1cc(C)ccc1OCC(=O)N1CCCC1C1NNCC1c1ccncc1C. The summed E-state index contributed by atoms with van der Waals surface area (Å²) in [6.45, 7) is 8.22. The van der Waals surface area contributed by atoms with Crippen molar-refractivity contribution in [3.05, 3.63) is 53.3 Å². The fraction of sp³-hybridized carbons (Fsp3) is 0.500. The van der Waals surface area contributed by atoms with E-state index in [0.29, 0.717) is 24.0 Å². The van der Waals surface area contributed by atoms with Crippen LogP contribution in [0.3, 0.4) is 0 Å². The van der Waals surface area contributed by atoms with Crippen LogP contribution in [-0.2, 0) is 4.79 Å². The molecule has 0 radical (unpaired) electrons. The number of benzene rings is 1. The predicted molar refractivity (Wildman–Crippen MR) is 119 cm³/mol. The molecule has 0 saturated carbocycles. The summed E-state index contributed by atoms with van der Waals surface area (Å²) < 4.78 is 11.6. The summed E-state index contributed by atoms with van der Waals surface area (Å²) in [5, 5.41) is 0. The van der Waals surface area contributed by atoms with Gasteiger partial charge in [0.25, 0.3) is 5.91 Å². The van der Waals surface area contributed by atoms with E-state index < -0.39 is 0 Å². The van der Waals surface area contributed by atoms with Crippen molar-refractivity contribution in [1.29, 1.82) is 0 Å². The second kappa shape index (κ2) is 9.66. The summed E-state index contributed by atoms with van der Waals surface area (Å²) in [5.41, 5.74) is 10.3. The Hall–Kier alpha value is -2.64. The van der Waals surface area contributed by atoms with Gasteiger partial charge in [0, 0.05) is 43.5 Å². The third-order valence-corrected chi connectivity index (χ3v) is 6.27. The van der Waals surface area contributed by atoms with Crippen LogP contribution in [0.4, 0.5) is 0 Å². The van der Waals surface area contributed by atoms with Crippen LogP contribution < -0.4 is 20.3 Å². The van der Waals surface area contributed by atoms with Gasteiger partial charge in [-0.05, 0) is 68.5 Å². The van der Waals surface area contributed by atoms with E-state index in [4.69, 9.17) is 9.47 Å². The molecule has 2 fully saturated rings. The van der Waals surface area contributed by atoms with Crippen LogP contribution in [0.5, 0.6) is 11.5 Å². The molecular weight excluding hydrogens is 392 g/mol. The largest absolute Gasteiger partial charge is 0.490 e. The van der Waals surface area contributed by atoms with Crippen molar-refractivity contribution in [1.82, 2.24) is 20.7 Å². The fourth-order valence-corrected chi connectivity index (χ4v) is 4.78. The maximum atomic E-state index is 13.1. The molecule has 1 aromatic heterocycles. The summed E-state index contributed by atoms with van der Waals surface area (Å²) in [7, 11) is 0. The number of nitrogens with zero attached hydrogens (tertiary/aromatic N) is 2. The first-order chi connectivity index (χ1) is 15.1. The number of rotatable bonds is 7. The van der Waals surface area contributed by atoms with Gasteiger partial charge >= 0.3 is 0 Å². The number of carbonyl (C=O) groups excluding carboxylic acids is 1. The maximum Gasteiger partial charge on any atom is 0.260 e. The summed E-state index contributed by atoms with van der Waals surface area (Å²) in [6.07, 6.45) is 5.75. The summed E-state index contributed by atoms with van der Waals surface area (Å²) in [6, 6.07) is 8.17. The number of aryl methyl sites for hydroxylation is 2. The monoisotopic (exact) mass is 424 g/mol. The van der Waals surface area contributed by atoms with Gasteiger partial charge in [0.2, 0.25) is 0 Å². The van der Waals surface area contributed by atoms with E-state index in [2.05, 4.69) is 28.8 Å². The zero-order valence-electron chi connectivity index (χ0n) is 18.6. The van der Waals surface area contributed by atoms with Gasteiger partial charge in [0.15, 0.2) is 18.1 Å². The Labute approximate surface area is 184 Å². The molecule has 2 saturated heterocycles. The molecule has 7 nitrogen and oxygen atoms in total. The maximum absolute atomic E-state index is 13.1. The van der Waals surface area contributed by atoms with Crippen molar-refractivity contribution in [3.63, 3.8) is 0 Å². The number of likely N-dealkylation sites (tertiary alicyclic amines) is 1. The first kappa shape index (κ1) is 21.6. The lowest BCUT2D eigenvalue weighted by atomic mass is 9.86. The van der Waals surface area contributed by atoms with E-state index in [0.717, 1.165) is 31.5 Å². The molecule has 4 rings (SSSR count). The Morgan fingerprint density at radius 1 is 1.23 bits per heavy atom. The van der Waals surface area contributed by atoms with Crippen LogP contribution in [-0.4, -0.2) is 54.2 Å². The second-order valence-corrected chi connectivity index (χ2v) is 8.36. The van der Waals surface area contributed by atoms with Gasteiger partial charge in [-0.1, -0.05) is 6.07 Å². The van der Waals surface area contributed by atoms with E-state index >= 15 is 0 Å². The predicted octanol–water partition coefficient (Wildman–Crippen LogP) is 2.73. The molecule has 31 heavy (non-hydrogen) atoms. The average molecular weight is 425 g/mol. The van der Waals surface area contributed by atoms with Gasteiger partial charge in [-0.15, -0.1) is 0 Å². The van der Waals surface area contributed by atoms with Crippen LogP contribution in [0.25, 0.3) is 0 Å². The molecule has 2 aliphatic rings. The van der Waals surface area contributed by atoms with Crippen LogP contribution in [0, 0.1) is 13.8 Å². The van der Waals surface area contributed by atoms with Crippen molar-refractivity contribution in [2.24, 2.45) is 0 Å². The Morgan fingerprint density at radius 3 is 2.90 bits per heavy atom. The van der Waals surface area contributed by atoms with Crippen LogP contribution in [0.2, 0.25) is 0 Å². The molecular formula is C24H32N4O3. The number of ether oxygens (including phenoxy) is 2. The highest BCUT2D eigenvalue weighted by Gasteiger charge is 2.41. The van der Waals surface area contributed by atoms with Gasteiger partial charge in [-0.3, -0.25) is 20.6 Å². The van der Waals surface area contributed by atoms with Crippen LogP contribution in [0.15, 0.2) is 36.7 Å². The lowest BCUT2D eigenvalue weighted by Gasteiger charge is -2.33. The normalized spacial score (nSPS) is 23.2. The molecule has 3 unspecified atom stereocenters. The molecule has 2 N–H and O–H groups in total. The molecule has 7 heteroatoms. The summed E-state index contributed by atoms with van der Waals surface area (Å²) in [5.74, 6) is 1.61. The van der Waals surface area contributed by atoms with Crippen LogP contribution in [0.1, 0.15) is 42.4 Å². The molecule has 3 atom stereocenters. The fourth-order valence-electron chi connectivity index (χ4n) is 4.78. The van der Waals surface area contributed by atoms with E-state index in [-0.39, 0.29) is 24.6 Å². The van der Waals surface area contributed by atoms with Gasteiger partial charge in [-0.2, -0.15) is 0 Å². The van der Waals surface area contributed by atoms with Gasteiger partial charge in [0.05, 0.1) is 6.61 Å². The van der Waals surface area contributed by atoms with Crippen molar-refractivity contribution >= 4 is 5.91 Å². The third-order valence-electron chi connectivity index (χ3n) is 6.27. The zero-order valence-corrected chi connectivity index (χ0v) is 18.6. The molecule has 1 aromatic carbocycles. The first-order valence-corrected chi connectivity index (χ1v) is 11.1. The topological polar surface area (TPSA) is 75.7 Å². The van der Waals surface area contributed by atoms with E-state index in [9.17, 15) is 4.79 Å². The van der Waals surface area contributed by atoms with Crippen molar-refractivity contribution in [2.45, 2.75) is 51.6 Å². The Balaban J connectivity index is 1.45.